The van der Waals surface area contributed by atoms with Crippen LogP contribution in [0.4, 0.5) is 0 Å². The van der Waals surface area contributed by atoms with Crippen molar-refractivity contribution in [1.82, 2.24) is 4.98 Å². The number of hydrogen-bond acceptors (Lipinski definition) is 2. The van der Waals surface area contributed by atoms with Crippen LogP contribution in [0.1, 0.15) is 24.1 Å². The number of rotatable bonds is 1. The van der Waals surface area contributed by atoms with E-state index < -0.39 is 0 Å². The maximum atomic E-state index is 5.46. The topological polar surface area (TPSA) is 38.9 Å². The summed E-state index contributed by atoms with van der Waals surface area (Å²) in [5.74, 6) is 6.86. The number of hydrogen-bond donors (Lipinski definition) is 1. The molecule has 2 rings (SSSR count). The molecular weight excluding hydrogens is 160 g/mol. The highest BCUT2D eigenvalue weighted by Crippen LogP contribution is 2.27. The van der Waals surface area contributed by atoms with Crippen LogP contribution in [0.3, 0.4) is 0 Å². The summed E-state index contributed by atoms with van der Waals surface area (Å²) in [6, 6.07) is 3.90. The summed E-state index contributed by atoms with van der Waals surface area (Å²) < 4.78 is 0. The van der Waals surface area contributed by atoms with Gasteiger partial charge in [-0.2, -0.15) is 0 Å². The Morgan fingerprint density at radius 1 is 1.46 bits per heavy atom. The van der Waals surface area contributed by atoms with Gasteiger partial charge in [0.2, 0.25) is 0 Å². The second-order valence-electron chi connectivity index (χ2n) is 3.30. The third-order valence-corrected chi connectivity index (χ3v) is 2.04. The van der Waals surface area contributed by atoms with Crippen molar-refractivity contribution in [3.05, 3.63) is 29.6 Å². The molecular formula is C11H12N2. The van der Waals surface area contributed by atoms with Crippen molar-refractivity contribution in [2.24, 2.45) is 11.7 Å². The largest absolute Gasteiger partial charge is 0.326 e. The SMILES string of the molecule is NCc1ccc(C#CC2CC2)nc1. The Labute approximate surface area is 78.2 Å². The Kier molecular flexibility index (Phi) is 2.29. The smallest absolute Gasteiger partial charge is 0.113 e. The fourth-order valence-corrected chi connectivity index (χ4v) is 1.02. The highest BCUT2D eigenvalue weighted by Gasteiger charge is 2.17. The van der Waals surface area contributed by atoms with Gasteiger partial charge < -0.3 is 5.73 Å². The van der Waals surface area contributed by atoms with E-state index >= 15 is 0 Å². The molecule has 0 atom stereocenters. The van der Waals surface area contributed by atoms with Crippen LogP contribution in [-0.2, 0) is 6.54 Å². The summed E-state index contributed by atoms with van der Waals surface area (Å²) >= 11 is 0. The fourth-order valence-electron chi connectivity index (χ4n) is 1.02. The maximum Gasteiger partial charge on any atom is 0.113 e. The van der Waals surface area contributed by atoms with E-state index in [0.717, 1.165) is 11.3 Å². The molecule has 1 saturated carbocycles. The number of pyridine rings is 1. The van der Waals surface area contributed by atoms with E-state index in [1.807, 2.05) is 12.1 Å². The van der Waals surface area contributed by atoms with Crippen molar-refractivity contribution in [2.75, 3.05) is 0 Å². The van der Waals surface area contributed by atoms with Gasteiger partial charge in [-0.25, -0.2) is 4.98 Å². The molecule has 0 aliphatic heterocycles. The van der Waals surface area contributed by atoms with Crippen molar-refractivity contribution >= 4 is 0 Å². The van der Waals surface area contributed by atoms with Gasteiger partial charge in [-0.3, -0.25) is 0 Å². The van der Waals surface area contributed by atoms with Crippen molar-refractivity contribution < 1.29 is 0 Å². The minimum atomic E-state index is 0.545. The van der Waals surface area contributed by atoms with Crippen molar-refractivity contribution in [2.45, 2.75) is 19.4 Å². The zero-order chi connectivity index (χ0) is 9.10. The van der Waals surface area contributed by atoms with E-state index in [1.165, 1.54) is 12.8 Å². The summed E-state index contributed by atoms with van der Waals surface area (Å²) in [6.45, 7) is 0.545. The summed E-state index contributed by atoms with van der Waals surface area (Å²) in [6.07, 6.45) is 4.30. The first-order chi connectivity index (χ1) is 6.38. The van der Waals surface area contributed by atoms with Crippen molar-refractivity contribution in [3.63, 3.8) is 0 Å². The van der Waals surface area contributed by atoms with Gasteiger partial charge in [0, 0.05) is 18.7 Å². The molecule has 1 aromatic heterocycles. The molecule has 2 heteroatoms. The molecule has 0 spiro atoms. The van der Waals surface area contributed by atoms with Gasteiger partial charge in [0.25, 0.3) is 0 Å². The lowest BCUT2D eigenvalue weighted by molar-refractivity contribution is 1.04. The Bertz CT molecular complexity index is 339. The molecule has 1 fully saturated rings. The lowest BCUT2D eigenvalue weighted by Gasteiger charge is -1.93. The van der Waals surface area contributed by atoms with Crippen LogP contribution in [0.5, 0.6) is 0 Å². The first kappa shape index (κ1) is 8.28. The summed E-state index contributed by atoms with van der Waals surface area (Å²) in [5, 5.41) is 0. The number of nitrogens with two attached hydrogens (primary N) is 1. The molecule has 0 aromatic carbocycles. The van der Waals surface area contributed by atoms with E-state index in [1.54, 1.807) is 6.20 Å². The maximum absolute atomic E-state index is 5.46. The molecule has 2 N–H and O–H groups in total. The first-order valence-corrected chi connectivity index (χ1v) is 4.55. The average Bonchev–Trinajstić information content (AvgIpc) is 2.99. The van der Waals surface area contributed by atoms with Crippen LogP contribution in [0.15, 0.2) is 18.3 Å². The monoisotopic (exact) mass is 172 g/mol. The van der Waals surface area contributed by atoms with Crippen LogP contribution in [0, 0.1) is 17.8 Å². The van der Waals surface area contributed by atoms with E-state index in [4.69, 9.17) is 5.73 Å². The van der Waals surface area contributed by atoms with E-state index in [-0.39, 0.29) is 0 Å². The van der Waals surface area contributed by atoms with E-state index in [0.29, 0.717) is 12.5 Å². The van der Waals surface area contributed by atoms with Crippen LogP contribution in [-0.4, -0.2) is 4.98 Å². The molecule has 0 saturated heterocycles. The molecule has 66 valence electrons. The predicted octanol–water partition coefficient (Wildman–Crippen LogP) is 1.30. The van der Waals surface area contributed by atoms with Gasteiger partial charge in [-0.15, -0.1) is 0 Å². The van der Waals surface area contributed by atoms with Crippen LogP contribution in [0.25, 0.3) is 0 Å². The first-order valence-electron chi connectivity index (χ1n) is 4.55. The number of aromatic nitrogens is 1. The summed E-state index contributed by atoms with van der Waals surface area (Å²) in [7, 11) is 0. The van der Waals surface area contributed by atoms with Crippen LogP contribution < -0.4 is 5.73 Å². The molecule has 0 radical (unpaired) electrons. The lowest BCUT2D eigenvalue weighted by Crippen LogP contribution is -1.96. The minimum absolute atomic E-state index is 0.545. The Hall–Kier alpha value is -1.33. The van der Waals surface area contributed by atoms with Gasteiger partial charge in [-0.05, 0) is 30.4 Å². The Morgan fingerprint density at radius 3 is 2.85 bits per heavy atom. The zero-order valence-electron chi connectivity index (χ0n) is 7.46. The van der Waals surface area contributed by atoms with Crippen LogP contribution in [0.2, 0.25) is 0 Å². The van der Waals surface area contributed by atoms with Gasteiger partial charge in [0.15, 0.2) is 0 Å². The second kappa shape index (κ2) is 3.59. The quantitative estimate of drug-likeness (QED) is 0.648. The average molecular weight is 172 g/mol. The third kappa shape index (κ3) is 2.30. The highest BCUT2D eigenvalue weighted by atomic mass is 14.7. The van der Waals surface area contributed by atoms with Gasteiger partial charge in [0.05, 0.1) is 0 Å². The molecule has 0 amide bonds. The van der Waals surface area contributed by atoms with E-state index in [9.17, 15) is 0 Å². The molecule has 2 nitrogen and oxygen atoms in total. The highest BCUT2D eigenvalue weighted by molar-refractivity contribution is 5.30. The molecule has 1 aliphatic carbocycles. The third-order valence-electron chi connectivity index (χ3n) is 2.04. The van der Waals surface area contributed by atoms with E-state index in [2.05, 4.69) is 16.8 Å². The fraction of sp³-hybridized carbons (Fsp3) is 0.364. The Morgan fingerprint density at radius 2 is 2.31 bits per heavy atom. The summed E-state index contributed by atoms with van der Waals surface area (Å²) in [4.78, 5) is 4.20. The lowest BCUT2D eigenvalue weighted by atomic mass is 10.2. The van der Waals surface area contributed by atoms with Crippen LogP contribution >= 0.6 is 0 Å². The Balaban J connectivity index is 2.09. The second-order valence-corrected chi connectivity index (χ2v) is 3.30. The molecule has 1 aliphatic rings. The standard InChI is InChI=1S/C11H12N2/c12-7-10-4-6-11(13-8-10)5-3-9-1-2-9/h4,6,8-9H,1-2,7,12H2. The van der Waals surface area contributed by atoms with Gasteiger partial charge in [-0.1, -0.05) is 12.0 Å². The van der Waals surface area contributed by atoms with Crippen molar-refractivity contribution in [3.8, 4) is 11.8 Å². The number of nitrogens with zero attached hydrogens (tertiary/aromatic N) is 1. The predicted molar refractivity (Wildman–Crippen MR) is 51.7 cm³/mol. The molecule has 0 bridgehead atoms. The molecule has 1 heterocycles. The molecule has 13 heavy (non-hydrogen) atoms. The minimum Gasteiger partial charge on any atom is -0.326 e. The zero-order valence-corrected chi connectivity index (χ0v) is 7.46. The van der Waals surface area contributed by atoms with Gasteiger partial charge >= 0.3 is 0 Å². The van der Waals surface area contributed by atoms with Crippen molar-refractivity contribution in [1.29, 1.82) is 0 Å². The van der Waals surface area contributed by atoms with Gasteiger partial charge in [0.1, 0.15) is 5.69 Å². The molecule has 1 aromatic rings. The molecule has 0 unspecified atom stereocenters. The normalized spacial score (nSPS) is 14.8. The summed E-state index contributed by atoms with van der Waals surface area (Å²) in [5.41, 5.74) is 7.36.